The second-order valence-electron chi connectivity index (χ2n) is 8.22. The molecule has 4 rings (SSSR count). The summed E-state index contributed by atoms with van der Waals surface area (Å²) in [6.07, 6.45) is 7.61. The van der Waals surface area contributed by atoms with Gasteiger partial charge < -0.3 is 4.74 Å². The van der Waals surface area contributed by atoms with E-state index in [4.69, 9.17) is 9.72 Å². The first-order valence-corrected chi connectivity index (χ1v) is 10.9. The molecular weight excluding hydrogens is 391 g/mol. The van der Waals surface area contributed by atoms with Crippen LogP contribution in [0.3, 0.4) is 0 Å². The van der Waals surface area contributed by atoms with Gasteiger partial charge in [0.05, 0.1) is 18.3 Å². The van der Waals surface area contributed by atoms with Crippen molar-refractivity contribution in [1.29, 1.82) is 0 Å². The number of halogens is 1. The first-order chi connectivity index (χ1) is 15.1. The molecule has 0 N–H and O–H groups in total. The third kappa shape index (κ3) is 5.71. The van der Waals surface area contributed by atoms with Gasteiger partial charge in [0.1, 0.15) is 11.6 Å². The maximum Gasteiger partial charge on any atom is 0.130 e. The van der Waals surface area contributed by atoms with Crippen molar-refractivity contribution in [3.63, 3.8) is 0 Å². The molecule has 3 heterocycles. The summed E-state index contributed by atoms with van der Waals surface area (Å²) in [7, 11) is 1.69. The zero-order chi connectivity index (χ0) is 21.6. The summed E-state index contributed by atoms with van der Waals surface area (Å²) in [5.41, 5.74) is 5.57. The Morgan fingerprint density at radius 1 is 1.06 bits per heavy atom. The predicted octanol–water partition coefficient (Wildman–Crippen LogP) is 4.44. The summed E-state index contributed by atoms with van der Waals surface area (Å²) in [5.74, 6) is 0.613. The molecule has 1 aromatic carbocycles. The van der Waals surface area contributed by atoms with E-state index < -0.39 is 0 Å². The number of benzene rings is 1. The number of hydrogen-bond acceptors (Lipinski definition) is 5. The molecule has 1 aliphatic rings. The standard InChI is InChI=1S/C25H29FN4O/c1-18-12-20(13-19-5-7-22(26)8-6-19)14-23(29-18)24-4-3-10-30(24)17-21-15-27-25(28-16-21)9-11-31-2/h5-8,12,14-16,24H,3-4,9-11,13,17H2,1-2H3/t24-/m0/s1. The Hall–Kier alpha value is -2.70. The van der Waals surface area contributed by atoms with Crippen molar-refractivity contribution in [3.8, 4) is 0 Å². The van der Waals surface area contributed by atoms with Crippen molar-refractivity contribution in [2.45, 2.75) is 45.2 Å². The second kappa shape index (κ2) is 10.1. The lowest BCUT2D eigenvalue weighted by Crippen LogP contribution is -2.24. The van der Waals surface area contributed by atoms with Gasteiger partial charge in [0.2, 0.25) is 0 Å². The van der Waals surface area contributed by atoms with Gasteiger partial charge >= 0.3 is 0 Å². The Kier molecular flexibility index (Phi) is 6.99. The number of hydrogen-bond donors (Lipinski definition) is 0. The zero-order valence-corrected chi connectivity index (χ0v) is 18.2. The van der Waals surface area contributed by atoms with E-state index in [1.165, 1.54) is 17.7 Å². The average Bonchev–Trinajstić information content (AvgIpc) is 3.23. The van der Waals surface area contributed by atoms with Crippen LogP contribution in [-0.4, -0.2) is 40.1 Å². The number of aromatic nitrogens is 3. The monoisotopic (exact) mass is 420 g/mol. The van der Waals surface area contributed by atoms with Crippen molar-refractivity contribution < 1.29 is 9.13 Å². The minimum atomic E-state index is -0.201. The van der Waals surface area contributed by atoms with Crippen LogP contribution in [0.25, 0.3) is 0 Å². The molecule has 2 aromatic heterocycles. The Morgan fingerprint density at radius 3 is 2.58 bits per heavy atom. The smallest absolute Gasteiger partial charge is 0.130 e. The minimum absolute atomic E-state index is 0.201. The van der Waals surface area contributed by atoms with Gasteiger partial charge in [-0.3, -0.25) is 9.88 Å². The van der Waals surface area contributed by atoms with Crippen LogP contribution in [-0.2, 0) is 24.1 Å². The molecule has 1 atom stereocenters. The number of likely N-dealkylation sites (tertiary alicyclic amines) is 1. The van der Waals surface area contributed by atoms with E-state index in [1.807, 2.05) is 31.5 Å². The van der Waals surface area contributed by atoms with Gasteiger partial charge in [-0.25, -0.2) is 14.4 Å². The van der Waals surface area contributed by atoms with Crippen molar-refractivity contribution in [3.05, 3.63) is 88.5 Å². The molecule has 0 amide bonds. The first-order valence-electron chi connectivity index (χ1n) is 10.9. The number of ether oxygens (including phenoxy) is 1. The Balaban J connectivity index is 1.47. The molecule has 5 nitrogen and oxygen atoms in total. The topological polar surface area (TPSA) is 51.1 Å². The highest BCUT2D eigenvalue weighted by molar-refractivity contribution is 5.30. The van der Waals surface area contributed by atoms with Crippen molar-refractivity contribution >= 4 is 0 Å². The maximum absolute atomic E-state index is 13.2. The lowest BCUT2D eigenvalue weighted by atomic mass is 10.0. The number of nitrogens with zero attached hydrogens (tertiary/aromatic N) is 4. The Bertz CT molecular complexity index is 991. The number of pyridine rings is 1. The molecule has 162 valence electrons. The largest absolute Gasteiger partial charge is 0.384 e. The van der Waals surface area contributed by atoms with Crippen LogP contribution in [0.1, 0.15) is 52.8 Å². The van der Waals surface area contributed by atoms with Crippen LogP contribution in [0.15, 0.2) is 48.8 Å². The quantitative estimate of drug-likeness (QED) is 0.539. The third-order valence-corrected chi connectivity index (χ3v) is 5.73. The highest BCUT2D eigenvalue weighted by Gasteiger charge is 2.27. The predicted molar refractivity (Wildman–Crippen MR) is 118 cm³/mol. The highest BCUT2D eigenvalue weighted by Crippen LogP contribution is 2.33. The maximum atomic E-state index is 13.2. The summed E-state index contributed by atoms with van der Waals surface area (Å²) in [6, 6.07) is 11.4. The molecule has 0 radical (unpaired) electrons. The van der Waals surface area contributed by atoms with Gasteiger partial charge in [-0.15, -0.1) is 0 Å². The molecule has 1 aliphatic heterocycles. The van der Waals surface area contributed by atoms with Crippen LogP contribution < -0.4 is 0 Å². The molecule has 0 aliphatic carbocycles. The molecule has 1 saturated heterocycles. The fraction of sp³-hybridized carbons (Fsp3) is 0.400. The van der Waals surface area contributed by atoms with Crippen molar-refractivity contribution in [2.75, 3.05) is 20.3 Å². The van der Waals surface area contributed by atoms with Crippen LogP contribution in [0.2, 0.25) is 0 Å². The van der Waals surface area contributed by atoms with E-state index in [0.29, 0.717) is 12.6 Å². The fourth-order valence-corrected chi connectivity index (χ4v) is 4.25. The molecule has 0 unspecified atom stereocenters. The summed E-state index contributed by atoms with van der Waals surface area (Å²) in [4.78, 5) is 16.3. The van der Waals surface area contributed by atoms with Crippen LogP contribution in [0.4, 0.5) is 4.39 Å². The summed E-state index contributed by atoms with van der Waals surface area (Å²) in [5, 5.41) is 0. The van der Waals surface area contributed by atoms with Gasteiger partial charge in [0, 0.05) is 43.7 Å². The van der Waals surface area contributed by atoms with E-state index >= 15 is 0 Å². The Morgan fingerprint density at radius 2 is 1.84 bits per heavy atom. The lowest BCUT2D eigenvalue weighted by molar-refractivity contribution is 0.200. The summed E-state index contributed by atoms with van der Waals surface area (Å²) in [6.45, 7) is 4.54. The number of rotatable bonds is 8. The number of methoxy groups -OCH3 is 1. The average molecular weight is 421 g/mol. The van der Waals surface area contributed by atoms with Crippen LogP contribution in [0.5, 0.6) is 0 Å². The molecule has 0 bridgehead atoms. The second-order valence-corrected chi connectivity index (χ2v) is 8.22. The van der Waals surface area contributed by atoms with E-state index in [2.05, 4.69) is 27.0 Å². The molecule has 3 aromatic rings. The van der Waals surface area contributed by atoms with Gasteiger partial charge in [0.15, 0.2) is 0 Å². The Labute approximate surface area is 183 Å². The highest BCUT2D eigenvalue weighted by atomic mass is 19.1. The van der Waals surface area contributed by atoms with E-state index in [9.17, 15) is 4.39 Å². The summed E-state index contributed by atoms with van der Waals surface area (Å²) >= 11 is 0. The summed E-state index contributed by atoms with van der Waals surface area (Å²) < 4.78 is 18.3. The number of aryl methyl sites for hydroxylation is 1. The van der Waals surface area contributed by atoms with Gasteiger partial charge in [-0.2, -0.15) is 0 Å². The van der Waals surface area contributed by atoms with Crippen LogP contribution in [0, 0.1) is 12.7 Å². The van der Waals surface area contributed by atoms with Gasteiger partial charge in [-0.05, 0) is 68.1 Å². The molecule has 0 spiro atoms. The minimum Gasteiger partial charge on any atom is -0.384 e. The van der Waals surface area contributed by atoms with Gasteiger partial charge in [0.25, 0.3) is 0 Å². The van der Waals surface area contributed by atoms with E-state index in [0.717, 1.165) is 67.1 Å². The first kappa shape index (κ1) is 21.5. The third-order valence-electron chi connectivity index (χ3n) is 5.73. The van der Waals surface area contributed by atoms with Crippen molar-refractivity contribution in [2.24, 2.45) is 0 Å². The normalized spacial score (nSPS) is 16.7. The zero-order valence-electron chi connectivity index (χ0n) is 18.2. The van der Waals surface area contributed by atoms with Crippen molar-refractivity contribution in [1.82, 2.24) is 19.9 Å². The molecule has 1 fully saturated rings. The van der Waals surface area contributed by atoms with Crippen LogP contribution >= 0.6 is 0 Å². The van der Waals surface area contributed by atoms with E-state index in [1.54, 1.807) is 7.11 Å². The lowest BCUT2D eigenvalue weighted by Gasteiger charge is -2.24. The fourth-order valence-electron chi connectivity index (χ4n) is 4.25. The van der Waals surface area contributed by atoms with Gasteiger partial charge in [-0.1, -0.05) is 12.1 Å². The van der Waals surface area contributed by atoms with E-state index in [-0.39, 0.29) is 5.82 Å². The molecule has 31 heavy (non-hydrogen) atoms. The molecular formula is C25H29FN4O. The SMILES string of the molecule is COCCc1ncc(CN2CCC[C@H]2c2cc(Cc3ccc(F)cc3)cc(C)n2)cn1. The molecule has 0 saturated carbocycles. The molecule has 6 heteroatoms.